The molecule has 0 spiro atoms. The Morgan fingerprint density at radius 2 is 2.09 bits per heavy atom. The molecule has 2 fully saturated rings. The lowest BCUT2D eigenvalue weighted by Crippen LogP contribution is -2.36. The Balaban J connectivity index is 1.47. The second-order valence-electron chi connectivity index (χ2n) is 7.39. The monoisotopic (exact) mass is 440 g/mol. The fourth-order valence-electron chi connectivity index (χ4n) is 3.39. The van der Waals surface area contributed by atoms with E-state index in [0.29, 0.717) is 10.3 Å². The average molecular weight is 441 g/mol. The molecule has 4 aromatic heterocycles. The third-order valence-corrected chi connectivity index (χ3v) is 5.20. The summed E-state index contributed by atoms with van der Waals surface area (Å²) in [5.74, 6) is -0.0553. The zero-order valence-electron chi connectivity index (χ0n) is 27.5. The number of carbonyl (C=O) groups excluding carboxylic acids is 1. The molecular weight excluding hydrogens is 406 g/mol. The first-order chi connectivity index (χ1) is 19.8. The van der Waals surface area contributed by atoms with Crippen LogP contribution in [0.3, 0.4) is 0 Å². The van der Waals surface area contributed by atoms with Crippen LogP contribution in [0.1, 0.15) is 33.6 Å². The number of carbonyl (C=O) groups is 1. The molecule has 0 radical (unpaired) electrons. The SMILES string of the molecule is [2H]C([2H])([2H])c1ncc(-c2nc3ccc(N4C([2H])([2H])C([2H])([2H])OC([2H])([2H])C4([2H])[2H])cn3n2)c2cc(NC(=O)C3CC3)ncc12. The maximum absolute atomic E-state index is 12.4. The topological polar surface area (TPSA) is 97.5 Å². The van der Waals surface area contributed by atoms with Crippen LogP contribution in [-0.2, 0) is 9.53 Å². The van der Waals surface area contributed by atoms with Crippen LogP contribution in [0.25, 0.3) is 27.8 Å². The zero-order chi connectivity index (χ0) is 31.3. The van der Waals surface area contributed by atoms with Gasteiger partial charge >= 0.3 is 0 Å². The number of aryl methyl sites for hydroxylation is 1. The van der Waals surface area contributed by atoms with Gasteiger partial charge in [0.2, 0.25) is 5.91 Å². The molecule has 162 valence electrons. The Hall–Kier alpha value is -3.59. The number of hydrogen-bond acceptors (Lipinski definition) is 7. The molecule has 0 atom stereocenters. The van der Waals surface area contributed by atoms with Gasteiger partial charge in [-0.1, -0.05) is 0 Å². The van der Waals surface area contributed by atoms with Gasteiger partial charge in [0, 0.05) is 57.4 Å². The van der Waals surface area contributed by atoms with Crippen molar-refractivity contribution in [1.82, 2.24) is 24.6 Å². The first-order valence-electron chi connectivity index (χ1n) is 15.3. The van der Waals surface area contributed by atoms with Gasteiger partial charge in [0.05, 0.1) is 36.0 Å². The van der Waals surface area contributed by atoms with Gasteiger partial charge in [-0.25, -0.2) is 14.5 Å². The maximum atomic E-state index is 12.4. The molecule has 9 nitrogen and oxygen atoms in total. The number of aromatic nitrogens is 5. The fourth-order valence-corrected chi connectivity index (χ4v) is 3.39. The van der Waals surface area contributed by atoms with E-state index in [2.05, 4.69) is 30.1 Å². The number of amides is 1. The molecule has 0 aromatic carbocycles. The van der Waals surface area contributed by atoms with Gasteiger partial charge in [-0.05, 0) is 37.9 Å². The number of hydrogen-bond donors (Lipinski definition) is 1. The molecule has 0 unspecified atom stereocenters. The molecule has 5 heterocycles. The first-order valence-corrected chi connectivity index (χ1v) is 9.81. The highest BCUT2D eigenvalue weighted by atomic mass is 16.5. The third-order valence-electron chi connectivity index (χ3n) is 5.20. The van der Waals surface area contributed by atoms with Crippen LogP contribution < -0.4 is 10.2 Å². The number of rotatable bonds is 4. The van der Waals surface area contributed by atoms with E-state index in [9.17, 15) is 4.79 Å². The Morgan fingerprint density at radius 3 is 2.91 bits per heavy atom. The predicted octanol–water partition coefficient (Wildman–Crippen LogP) is 2.83. The molecule has 6 rings (SSSR count). The molecule has 1 N–H and O–H groups in total. The van der Waals surface area contributed by atoms with Crippen LogP contribution in [0.15, 0.2) is 36.8 Å². The molecule has 0 bridgehead atoms. The van der Waals surface area contributed by atoms with Crippen molar-refractivity contribution in [2.24, 2.45) is 5.92 Å². The van der Waals surface area contributed by atoms with Crippen LogP contribution in [0.2, 0.25) is 0 Å². The summed E-state index contributed by atoms with van der Waals surface area (Å²) < 4.78 is 94.5. The van der Waals surface area contributed by atoms with Crippen molar-refractivity contribution in [1.29, 1.82) is 0 Å². The molecule has 32 heavy (non-hydrogen) atoms. The van der Waals surface area contributed by atoms with Crippen molar-refractivity contribution in [3.8, 4) is 11.4 Å². The Morgan fingerprint density at radius 1 is 1.22 bits per heavy atom. The Kier molecular flexibility index (Phi) is 2.54. The smallest absolute Gasteiger partial charge is 0.228 e. The van der Waals surface area contributed by atoms with Gasteiger partial charge in [-0.2, -0.15) is 0 Å². The summed E-state index contributed by atoms with van der Waals surface area (Å²) in [5.41, 5.74) is 0.000913. The van der Waals surface area contributed by atoms with Gasteiger partial charge in [0.15, 0.2) is 11.5 Å². The number of anilines is 2. The summed E-state index contributed by atoms with van der Waals surface area (Å²) in [6, 6.07) is 4.10. The van der Waals surface area contributed by atoms with E-state index in [1.165, 1.54) is 30.6 Å². The second-order valence-corrected chi connectivity index (χ2v) is 7.39. The van der Waals surface area contributed by atoms with Crippen LogP contribution in [0.4, 0.5) is 11.5 Å². The highest BCUT2D eigenvalue weighted by molar-refractivity contribution is 5.99. The lowest BCUT2D eigenvalue weighted by molar-refractivity contribution is -0.117. The van der Waals surface area contributed by atoms with Crippen LogP contribution >= 0.6 is 0 Å². The lowest BCUT2D eigenvalue weighted by Gasteiger charge is -2.28. The van der Waals surface area contributed by atoms with Gasteiger partial charge in [0.1, 0.15) is 5.82 Å². The van der Waals surface area contributed by atoms with Crippen molar-refractivity contribution < 1.29 is 24.6 Å². The summed E-state index contributed by atoms with van der Waals surface area (Å²) in [4.78, 5) is 25.5. The number of nitrogens with zero attached hydrogens (tertiary/aromatic N) is 6. The second kappa shape index (κ2) is 7.52. The number of pyridine rings is 3. The lowest BCUT2D eigenvalue weighted by atomic mass is 10.1. The minimum absolute atomic E-state index is 0.0519. The summed E-state index contributed by atoms with van der Waals surface area (Å²) in [7, 11) is 0. The minimum atomic E-state index is -3.24. The summed E-state index contributed by atoms with van der Waals surface area (Å²) in [5, 5.41) is 7.65. The Labute approximate surface area is 199 Å². The minimum Gasteiger partial charge on any atom is -0.378 e. The quantitative estimate of drug-likeness (QED) is 0.521. The van der Waals surface area contributed by atoms with E-state index in [4.69, 9.17) is 15.1 Å². The van der Waals surface area contributed by atoms with E-state index in [1.54, 1.807) is 0 Å². The first kappa shape index (κ1) is 10.8. The molecule has 1 amide bonds. The van der Waals surface area contributed by atoms with E-state index in [0.717, 1.165) is 23.6 Å². The summed E-state index contributed by atoms with van der Waals surface area (Å²) in [6.07, 6.45) is 5.28. The summed E-state index contributed by atoms with van der Waals surface area (Å²) >= 11 is 0. The highest BCUT2D eigenvalue weighted by Crippen LogP contribution is 2.32. The highest BCUT2D eigenvalue weighted by Gasteiger charge is 2.30. The molecule has 1 aliphatic heterocycles. The molecule has 1 saturated heterocycles. The number of morpholine rings is 1. The third kappa shape index (κ3) is 3.44. The number of fused-ring (bicyclic) bond motifs is 2. The van der Waals surface area contributed by atoms with Crippen molar-refractivity contribution >= 4 is 33.8 Å². The normalized spacial score (nSPS) is 28.4. The molecule has 1 aliphatic carbocycles. The van der Waals surface area contributed by atoms with E-state index in [-0.39, 0.29) is 51.4 Å². The number of ether oxygens (including phenoxy) is 1. The van der Waals surface area contributed by atoms with E-state index < -0.39 is 33.0 Å². The van der Waals surface area contributed by atoms with Gasteiger partial charge in [-0.3, -0.25) is 9.78 Å². The van der Waals surface area contributed by atoms with Crippen LogP contribution in [-0.4, -0.2) is 56.6 Å². The molecule has 9 heteroatoms. The maximum Gasteiger partial charge on any atom is 0.228 e. The fraction of sp³-hybridized carbons (Fsp3) is 0.348. The summed E-state index contributed by atoms with van der Waals surface area (Å²) in [6.45, 7) is -15.4. The van der Waals surface area contributed by atoms with Gasteiger partial charge in [0.25, 0.3) is 0 Å². The van der Waals surface area contributed by atoms with Crippen LogP contribution in [0.5, 0.6) is 0 Å². The largest absolute Gasteiger partial charge is 0.378 e. The van der Waals surface area contributed by atoms with Crippen LogP contribution in [0, 0.1) is 12.8 Å². The predicted molar refractivity (Wildman–Crippen MR) is 121 cm³/mol. The zero-order valence-corrected chi connectivity index (χ0v) is 16.5. The van der Waals surface area contributed by atoms with Gasteiger partial charge < -0.3 is 15.0 Å². The molecule has 4 aromatic rings. The standard InChI is InChI=1S/C23H23N7O2/c1-14-18-11-25-20(26-23(31)15-2-3-15)10-17(18)19(12-24-14)22-27-21-5-4-16(13-30(21)28-22)29-6-8-32-9-7-29/h4-5,10-13,15H,2-3,6-9H2,1H3,(H,25,26,31)/i1D3,6D2,7D2,8D2,9D2. The van der Waals surface area contributed by atoms with E-state index >= 15 is 0 Å². The van der Waals surface area contributed by atoms with Crippen molar-refractivity contribution in [2.45, 2.75) is 19.7 Å². The van der Waals surface area contributed by atoms with E-state index in [1.807, 2.05) is 0 Å². The average Bonchev–Trinajstić information content (AvgIpc) is 3.65. The van der Waals surface area contributed by atoms with Gasteiger partial charge in [-0.15, -0.1) is 5.10 Å². The molecule has 2 aliphatic rings. The Bertz CT molecular complexity index is 1760. The van der Waals surface area contributed by atoms with Crippen molar-refractivity contribution in [3.05, 3.63) is 42.5 Å². The number of nitrogens with one attached hydrogen (secondary N) is 1. The van der Waals surface area contributed by atoms with Crippen molar-refractivity contribution in [3.63, 3.8) is 0 Å². The molecular formula is C23H23N7O2. The van der Waals surface area contributed by atoms with Crippen molar-refractivity contribution in [2.75, 3.05) is 36.3 Å². The molecule has 1 saturated carbocycles.